The molecule has 0 amide bonds. The third-order valence-electron chi connectivity index (χ3n) is 11.1. The summed E-state index contributed by atoms with van der Waals surface area (Å²) in [6, 6.07) is 63.6. The topological polar surface area (TPSA) is 24.7 Å². The minimum absolute atomic E-state index is 0.733. The maximum atomic E-state index is 5.47. The average Bonchev–Trinajstić information content (AvgIpc) is 3.63. The fourth-order valence-electron chi connectivity index (χ4n) is 8.71. The van der Waals surface area contributed by atoms with Gasteiger partial charge in [0.2, 0.25) is 0 Å². The maximum Gasteiger partial charge on any atom is 0.160 e. The van der Waals surface area contributed by atoms with E-state index in [9.17, 15) is 0 Å². The van der Waals surface area contributed by atoms with Gasteiger partial charge in [-0.25, -0.2) is 9.98 Å². The van der Waals surface area contributed by atoms with Crippen molar-refractivity contribution in [2.24, 2.45) is 9.98 Å². The molecule has 0 bridgehead atoms. The highest BCUT2D eigenvalue weighted by Crippen LogP contribution is 2.47. The molecule has 0 N–H and O–H groups in total. The summed E-state index contributed by atoms with van der Waals surface area (Å²) >= 11 is 1.91. The van der Waals surface area contributed by atoms with E-state index in [1.807, 2.05) is 17.4 Å². The first-order valence-corrected chi connectivity index (χ1v) is 19.8. The highest BCUT2D eigenvalue weighted by Gasteiger charge is 2.21. The van der Waals surface area contributed by atoms with Crippen LogP contribution in [0.1, 0.15) is 29.5 Å². The van der Waals surface area contributed by atoms with Gasteiger partial charge in [-0.3, -0.25) is 0 Å². The van der Waals surface area contributed by atoms with Crippen LogP contribution in [0.15, 0.2) is 192 Å². The number of rotatable bonds is 4. The number of fused-ring (bicyclic) bond motifs is 10. The van der Waals surface area contributed by atoms with Gasteiger partial charge in [-0.1, -0.05) is 170 Å². The van der Waals surface area contributed by atoms with Crippen molar-refractivity contribution >= 4 is 91.8 Å². The Kier molecular flexibility index (Phi) is 7.53. The number of benzene rings is 9. The molecule has 0 radical (unpaired) electrons. The number of hydrogen-bond donors (Lipinski definition) is 0. The van der Waals surface area contributed by atoms with E-state index in [2.05, 4.69) is 176 Å². The Morgan fingerprint density at radius 3 is 1.58 bits per heavy atom. The first-order valence-electron chi connectivity index (χ1n) is 19.0. The summed E-state index contributed by atoms with van der Waals surface area (Å²) < 4.78 is 2.66. The van der Waals surface area contributed by atoms with Gasteiger partial charge in [0.1, 0.15) is 0 Å². The molecule has 0 spiro atoms. The van der Waals surface area contributed by atoms with Gasteiger partial charge >= 0.3 is 0 Å². The fourth-order valence-corrected chi connectivity index (χ4v) is 9.94. The molecule has 9 aromatic carbocycles. The second kappa shape index (κ2) is 13.0. The first kappa shape index (κ1) is 31.8. The number of aliphatic imine (C=N–C) groups is 2. The van der Waals surface area contributed by atoms with Gasteiger partial charge < -0.3 is 0 Å². The van der Waals surface area contributed by atoms with E-state index in [0.29, 0.717) is 0 Å². The molecular weight excluding hydrogens is 685 g/mol. The van der Waals surface area contributed by atoms with E-state index < -0.39 is 0 Å². The SMILES string of the molecule is C1=C(c2c3ccccc3c(-c3ccc4sc5c6ccccc6c6ccccc6c5c4c3)c3ccccc23)N=C(c2ccccc2)N=C(c2ccccc2)CC1. The van der Waals surface area contributed by atoms with Crippen molar-refractivity contribution in [1.82, 2.24) is 0 Å². The molecule has 55 heavy (non-hydrogen) atoms. The summed E-state index contributed by atoms with van der Waals surface area (Å²) in [6.07, 6.45) is 3.99. The first-order chi connectivity index (χ1) is 27.3. The van der Waals surface area contributed by atoms with Crippen molar-refractivity contribution < 1.29 is 0 Å². The molecule has 2 heterocycles. The molecule has 2 nitrogen and oxygen atoms in total. The van der Waals surface area contributed by atoms with Crippen molar-refractivity contribution in [2.45, 2.75) is 12.8 Å². The van der Waals surface area contributed by atoms with Crippen molar-refractivity contribution in [3.8, 4) is 11.1 Å². The largest absolute Gasteiger partial charge is 0.232 e. The molecule has 0 aliphatic carbocycles. The van der Waals surface area contributed by atoms with Crippen molar-refractivity contribution in [1.29, 1.82) is 0 Å². The summed E-state index contributed by atoms with van der Waals surface area (Å²) in [4.78, 5) is 10.8. The van der Waals surface area contributed by atoms with E-state index in [0.717, 1.165) is 46.8 Å². The van der Waals surface area contributed by atoms with Crippen LogP contribution in [-0.2, 0) is 0 Å². The second-order valence-electron chi connectivity index (χ2n) is 14.3. The van der Waals surface area contributed by atoms with Crippen LogP contribution in [-0.4, -0.2) is 11.5 Å². The summed E-state index contributed by atoms with van der Waals surface area (Å²) in [5, 5.41) is 12.7. The molecule has 3 heteroatoms. The molecule has 0 unspecified atom stereocenters. The third-order valence-corrected chi connectivity index (χ3v) is 12.4. The van der Waals surface area contributed by atoms with Crippen LogP contribution in [0.3, 0.4) is 0 Å². The summed E-state index contributed by atoms with van der Waals surface area (Å²) in [5.41, 5.74) is 7.79. The fraction of sp³-hybridized carbons (Fsp3) is 0.0385. The van der Waals surface area contributed by atoms with Gasteiger partial charge in [0, 0.05) is 36.7 Å². The number of thiophene rings is 1. The Morgan fingerprint density at radius 1 is 0.400 bits per heavy atom. The van der Waals surface area contributed by atoms with Crippen LogP contribution in [0.25, 0.3) is 80.1 Å². The lowest BCUT2D eigenvalue weighted by atomic mass is 9.86. The van der Waals surface area contributed by atoms with E-state index in [4.69, 9.17) is 9.98 Å². The second-order valence-corrected chi connectivity index (χ2v) is 15.4. The van der Waals surface area contributed by atoms with Crippen molar-refractivity contribution in [3.63, 3.8) is 0 Å². The van der Waals surface area contributed by atoms with Gasteiger partial charge in [-0.2, -0.15) is 0 Å². The molecule has 1 aromatic heterocycles. The van der Waals surface area contributed by atoms with Crippen LogP contribution in [0.2, 0.25) is 0 Å². The highest BCUT2D eigenvalue weighted by molar-refractivity contribution is 7.27. The normalized spacial score (nSPS) is 13.6. The standard InChI is InChI=1S/C52H34N2S/c1-3-16-33(17-4-1)45-28-15-29-46(54-52(53-45)34-18-5-2-6-19-34)49-41-25-12-10-23-39(41)48(40-24-11-13-26-42(40)49)35-30-31-47-44(32-35)50-38-22-9-7-20-36(38)37-21-8-14-27-43(37)51(50)55-47/h1-14,16-27,29-32H,15,28H2. The van der Waals surface area contributed by atoms with Gasteiger partial charge in [-0.05, 0) is 79.4 Å². The predicted molar refractivity (Wildman–Crippen MR) is 238 cm³/mol. The zero-order valence-corrected chi connectivity index (χ0v) is 30.9. The quantitative estimate of drug-likeness (QED) is 0.128. The van der Waals surface area contributed by atoms with Crippen LogP contribution in [0, 0.1) is 0 Å². The Balaban J connectivity index is 1.17. The van der Waals surface area contributed by atoms with E-state index in [1.165, 1.54) is 74.4 Å². The lowest BCUT2D eigenvalue weighted by Gasteiger charge is -2.19. The lowest BCUT2D eigenvalue weighted by Crippen LogP contribution is -2.09. The Hall–Kier alpha value is -6.68. The van der Waals surface area contributed by atoms with Crippen LogP contribution in [0.5, 0.6) is 0 Å². The average molecular weight is 719 g/mol. The number of allylic oxidation sites excluding steroid dienone is 1. The molecule has 0 fully saturated rings. The molecule has 0 atom stereocenters. The molecular formula is C52H34N2S. The molecule has 10 aromatic rings. The highest BCUT2D eigenvalue weighted by atomic mass is 32.1. The number of hydrogen-bond acceptors (Lipinski definition) is 3. The molecule has 11 rings (SSSR count). The smallest absolute Gasteiger partial charge is 0.160 e. The third kappa shape index (κ3) is 5.23. The Morgan fingerprint density at radius 2 is 0.927 bits per heavy atom. The summed E-state index contributed by atoms with van der Waals surface area (Å²) in [6.45, 7) is 0. The van der Waals surface area contributed by atoms with E-state index in [1.54, 1.807) is 0 Å². The Bertz CT molecular complexity index is 3180. The summed E-state index contributed by atoms with van der Waals surface area (Å²) in [5.74, 6) is 0.733. The van der Waals surface area contributed by atoms with E-state index >= 15 is 0 Å². The van der Waals surface area contributed by atoms with E-state index in [-0.39, 0.29) is 0 Å². The predicted octanol–water partition coefficient (Wildman–Crippen LogP) is 14.4. The molecule has 0 saturated carbocycles. The number of amidine groups is 1. The van der Waals surface area contributed by atoms with Crippen LogP contribution < -0.4 is 0 Å². The lowest BCUT2D eigenvalue weighted by molar-refractivity contribution is 1.09. The minimum atomic E-state index is 0.733. The molecule has 1 aliphatic rings. The maximum absolute atomic E-state index is 5.47. The monoisotopic (exact) mass is 718 g/mol. The van der Waals surface area contributed by atoms with Crippen LogP contribution in [0.4, 0.5) is 0 Å². The molecule has 258 valence electrons. The van der Waals surface area contributed by atoms with Gasteiger partial charge in [0.15, 0.2) is 5.84 Å². The van der Waals surface area contributed by atoms with Crippen molar-refractivity contribution in [3.05, 3.63) is 199 Å². The number of nitrogens with zero attached hydrogens (tertiary/aromatic N) is 2. The Labute approximate surface area is 323 Å². The zero-order valence-electron chi connectivity index (χ0n) is 30.0. The molecule has 1 aliphatic heterocycles. The minimum Gasteiger partial charge on any atom is -0.232 e. The van der Waals surface area contributed by atoms with Gasteiger partial charge in [0.25, 0.3) is 0 Å². The summed E-state index contributed by atoms with van der Waals surface area (Å²) in [7, 11) is 0. The van der Waals surface area contributed by atoms with Gasteiger partial charge in [-0.15, -0.1) is 11.3 Å². The molecule has 0 saturated heterocycles. The van der Waals surface area contributed by atoms with Crippen molar-refractivity contribution in [2.75, 3.05) is 0 Å². The van der Waals surface area contributed by atoms with Gasteiger partial charge in [0.05, 0.1) is 11.4 Å². The zero-order chi connectivity index (χ0) is 36.3. The van der Waals surface area contributed by atoms with Crippen LogP contribution >= 0.6 is 11.3 Å².